The Kier molecular flexibility index (Phi) is 38.8. The molecule has 8 nitrogen and oxygen atoms in total. The molecule has 11 heteroatoms. The Morgan fingerprint density at radius 2 is 0.882 bits per heavy atom. The van der Waals surface area contributed by atoms with Gasteiger partial charge in [-0.1, -0.05) is 245 Å². The molecule has 0 aliphatic heterocycles. The van der Waals surface area contributed by atoms with Crippen molar-refractivity contribution in [2.75, 3.05) is 0 Å². The SMILES string of the molecule is CC(C)(C)C(=O)C=C(O)C(C)(C)C.CC(C)CC(=O)C=C(O)CC(C)C.Cc1[c-]c(-c2cc(CC(C)C)c3cc(-c4ccc(C)cc4)ccc3n2)cc(C)c1.Cc1[c-]c(-c2cc(CC(C)C)c3ccccc3n2)cc(C)c1.[Ir].[Ir].[Ir].[c-]1ccccc1-c1ccc(-c2ccccc2)cn1.[c-]1ccccc1-c1ccccn1. The summed E-state index contributed by atoms with van der Waals surface area (Å²) in [6.07, 6.45) is 9.60. The first kappa shape index (κ1) is 93.6. The molecular formula is C99H110Ir3N4O4-4. The molecule has 110 heavy (non-hydrogen) atoms. The molecule has 0 spiro atoms. The van der Waals surface area contributed by atoms with Gasteiger partial charge < -0.3 is 20.2 Å². The molecule has 0 saturated carbocycles. The number of hydrogen-bond donors (Lipinski definition) is 2. The van der Waals surface area contributed by atoms with Gasteiger partial charge in [-0.2, -0.15) is 0 Å². The summed E-state index contributed by atoms with van der Waals surface area (Å²) in [5.41, 5.74) is 23.2. The second-order valence-corrected chi connectivity index (χ2v) is 31.4. The van der Waals surface area contributed by atoms with Crippen molar-refractivity contribution >= 4 is 33.4 Å². The van der Waals surface area contributed by atoms with Crippen LogP contribution in [-0.2, 0) is 82.7 Å². The fourth-order valence-electron chi connectivity index (χ4n) is 11.7. The Bertz CT molecular complexity index is 4730. The van der Waals surface area contributed by atoms with Gasteiger partial charge in [-0.3, -0.25) is 19.6 Å². The van der Waals surface area contributed by atoms with Crippen molar-refractivity contribution in [1.82, 2.24) is 19.9 Å². The van der Waals surface area contributed by atoms with Crippen LogP contribution < -0.4 is 0 Å². The molecule has 0 fully saturated rings. The molecule has 4 heterocycles. The van der Waals surface area contributed by atoms with Crippen LogP contribution in [0.3, 0.4) is 0 Å². The van der Waals surface area contributed by atoms with Crippen LogP contribution >= 0.6 is 0 Å². The average molecular weight is 2000 g/mol. The molecule has 0 saturated heterocycles. The monoisotopic (exact) mass is 2000 g/mol. The van der Waals surface area contributed by atoms with Gasteiger partial charge in [0.25, 0.3) is 0 Å². The van der Waals surface area contributed by atoms with Gasteiger partial charge in [-0.25, -0.2) is 0 Å². The summed E-state index contributed by atoms with van der Waals surface area (Å²) in [6, 6.07) is 86.2. The maximum atomic E-state index is 11.5. The number of aliphatic hydroxyl groups is 2. The smallest absolute Gasteiger partial charge is 0.164 e. The van der Waals surface area contributed by atoms with Crippen molar-refractivity contribution in [3.8, 4) is 67.3 Å². The van der Waals surface area contributed by atoms with Gasteiger partial charge in [0.2, 0.25) is 0 Å². The van der Waals surface area contributed by atoms with Crippen LogP contribution in [0.4, 0.5) is 0 Å². The molecule has 581 valence electrons. The van der Waals surface area contributed by atoms with Gasteiger partial charge in [0, 0.05) is 119 Å². The normalized spacial score (nSPS) is 11.2. The third-order valence-corrected chi connectivity index (χ3v) is 17.0. The number of para-hydroxylation sites is 1. The van der Waals surface area contributed by atoms with Crippen molar-refractivity contribution in [3.05, 3.63) is 312 Å². The number of aliphatic hydroxyl groups excluding tert-OH is 2. The molecule has 12 aromatic rings. The fraction of sp³-hybridized carbons (Fsp3) is 0.293. The number of nitrogens with zero attached hydrogens (tertiary/aromatic N) is 4. The number of aromatic nitrogens is 4. The van der Waals surface area contributed by atoms with Crippen LogP contribution in [0.2, 0.25) is 0 Å². The molecule has 12 rings (SSSR count). The standard InChI is InChI=1S/C28H28N.C21H22N.C17H12N.C11H8N.2C11H20O2.3Ir/c1-18(2)12-24-17-28(25-14-20(4)13-21(5)15-25)29-27-11-10-23(16-26(24)27)22-8-6-19(3)7-9-22;1-14(2)9-17-13-21(18-11-15(3)10-16(4)12-18)22-20-8-6-5-7-19(17)20;1-3-7-14(8-4-1)16-11-12-17(18-13-16)15-9-5-2-6-10-15;1-2-6-10(7-3-1)11-8-4-5-9-12-11;1-10(2,3)8(12)7-9(13)11(4,5)6;1-8(2)5-10(12)7-11(13)6-9(3)4;;;/h6-11,13-14,16-18H,12H2,1-5H3;5-8,10-11,13-14H,9H2,1-4H3;1-9,11-13H;1-6,8-9H;7,12H,1-6H3;7-9,12H,5-6H2,1-4H3;;;/q4*-1;;;;;. The molecule has 8 aromatic carbocycles. The summed E-state index contributed by atoms with van der Waals surface area (Å²) in [6.45, 7) is 38.8. The van der Waals surface area contributed by atoms with Gasteiger partial charge in [-0.05, 0) is 124 Å². The molecule has 0 aliphatic rings. The molecule has 0 aliphatic carbocycles. The van der Waals surface area contributed by atoms with Crippen molar-refractivity contribution in [1.29, 1.82) is 0 Å². The first-order valence-electron chi connectivity index (χ1n) is 37.4. The van der Waals surface area contributed by atoms with Crippen LogP contribution in [0.5, 0.6) is 0 Å². The zero-order valence-electron chi connectivity index (χ0n) is 67.7. The summed E-state index contributed by atoms with van der Waals surface area (Å²) >= 11 is 0. The summed E-state index contributed by atoms with van der Waals surface area (Å²) in [5.74, 6) is 2.29. The second kappa shape index (κ2) is 45.5. The zero-order chi connectivity index (χ0) is 78.0. The third kappa shape index (κ3) is 31.2. The molecule has 0 bridgehead atoms. The first-order chi connectivity index (χ1) is 50.8. The minimum absolute atomic E-state index is 0. The van der Waals surface area contributed by atoms with E-state index in [1.807, 2.05) is 166 Å². The summed E-state index contributed by atoms with van der Waals surface area (Å²) in [5, 5.41) is 21.4. The minimum atomic E-state index is -0.417. The van der Waals surface area contributed by atoms with E-state index in [0.717, 1.165) is 85.6 Å². The van der Waals surface area contributed by atoms with Gasteiger partial charge in [0.05, 0.1) is 16.8 Å². The number of allylic oxidation sites excluding steroid dienone is 4. The molecule has 0 atom stereocenters. The number of carbonyl (C=O) groups excluding carboxylic acids is 2. The average Bonchev–Trinajstić information content (AvgIpc) is 0.784. The van der Waals surface area contributed by atoms with E-state index in [9.17, 15) is 19.8 Å². The van der Waals surface area contributed by atoms with Gasteiger partial charge in [-0.15, -0.1) is 142 Å². The van der Waals surface area contributed by atoms with E-state index in [0.29, 0.717) is 36.5 Å². The Morgan fingerprint density at radius 3 is 1.35 bits per heavy atom. The van der Waals surface area contributed by atoms with Crippen molar-refractivity contribution in [2.45, 2.75) is 157 Å². The van der Waals surface area contributed by atoms with E-state index in [1.54, 1.807) is 6.20 Å². The minimum Gasteiger partial charge on any atom is -0.512 e. The van der Waals surface area contributed by atoms with Gasteiger partial charge in [0.15, 0.2) is 11.6 Å². The van der Waals surface area contributed by atoms with E-state index in [4.69, 9.17) is 9.97 Å². The van der Waals surface area contributed by atoms with Crippen LogP contribution in [0, 0.1) is 93.4 Å². The maximum absolute atomic E-state index is 11.5. The molecular weight excluding hydrogens is 1890 g/mol. The molecule has 2 N–H and O–H groups in total. The van der Waals surface area contributed by atoms with Crippen LogP contribution in [0.1, 0.15) is 149 Å². The topological polar surface area (TPSA) is 126 Å². The number of aryl methyl sites for hydroxylation is 5. The van der Waals surface area contributed by atoms with E-state index in [-0.39, 0.29) is 88.8 Å². The third-order valence-electron chi connectivity index (χ3n) is 17.0. The van der Waals surface area contributed by atoms with Gasteiger partial charge in [0.1, 0.15) is 5.76 Å². The first-order valence-corrected chi connectivity index (χ1v) is 37.4. The number of rotatable bonds is 16. The Morgan fingerprint density at radius 1 is 0.409 bits per heavy atom. The Hall–Kier alpha value is -8.75. The number of benzene rings is 8. The van der Waals surface area contributed by atoms with Crippen molar-refractivity contribution in [2.24, 2.45) is 34.5 Å². The predicted octanol–water partition coefficient (Wildman–Crippen LogP) is 25.9. The molecule has 4 aromatic heterocycles. The maximum Gasteiger partial charge on any atom is 0.164 e. The van der Waals surface area contributed by atoms with Gasteiger partial charge >= 0.3 is 0 Å². The Labute approximate surface area is 698 Å². The predicted molar refractivity (Wildman–Crippen MR) is 450 cm³/mol. The zero-order valence-corrected chi connectivity index (χ0v) is 74.8. The number of hydrogen-bond acceptors (Lipinski definition) is 8. The Balaban J connectivity index is 0.000000286. The number of pyridine rings is 4. The fourth-order valence-corrected chi connectivity index (χ4v) is 11.7. The van der Waals surface area contributed by atoms with E-state index < -0.39 is 5.41 Å². The second-order valence-electron chi connectivity index (χ2n) is 31.4. The molecule has 3 radical (unpaired) electrons. The summed E-state index contributed by atoms with van der Waals surface area (Å²) < 4.78 is 0. The molecule has 0 amide bonds. The van der Waals surface area contributed by atoms with E-state index in [2.05, 4.69) is 218 Å². The quantitative estimate of drug-likeness (QED) is 0.0557. The summed E-state index contributed by atoms with van der Waals surface area (Å²) in [4.78, 5) is 41.3. The molecule has 0 unspecified atom stereocenters. The largest absolute Gasteiger partial charge is 0.512 e. The number of fused-ring (bicyclic) bond motifs is 2. The van der Waals surface area contributed by atoms with E-state index in [1.165, 1.54) is 67.4 Å². The number of carbonyl (C=O) groups is 2. The van der Waals surface area contributed by atoms with Crippen LogP contribution in [-0.4, -0.2) is 41.7 Å². The summed E-state index contributed by atoms with van der Waals surface area (Å²) in [7, 11) is 0. The van der Waals surface area contributed by atoms with Crippen molar-refractivity contribution < 1.29 is 80.1 Å². The van der Waals surface area contributed by atoms with Crippen LogP contribution in [0.25, 0.3) is 89.1 Å². The van der Waals surface area contributed by atoms with Crippen LogP contribution in [0.15, 0.2) is 248 Å². The number of ketones is 2. The van der Waals surface area contributed by atoms with E-state index >= 15 is 0 Å². The van der Waals surface area contributed by atoms with Crippen molar-refractivity contribution in [3.63, 3.8) is 0 Å².